The van der Waals surface area contributed by atoms with Gasteiger partial charge in [-0.3, -0.25) is 18.7 Å². The van der Waals surface area contributed by atoms with Gasteiger partial charge >= 0.3 is 5.69 Å². The van der Waals surface area contributed by atoms with E-state index in [1.54, 1.807) is 59.6 Å². The Bertz CT molecular complexity index is 1230. The van der Waals surface area contributed by atoms with Crippen molar-refractivity contribution in [3.05, 3.63) is 58.5 Å². The first-order valence-electron chi connectivity index (χ1n) is 11.3. The summed E-state index contributed by atoms with van der Waals surface area (Å²) in [5, 5.41) is 2.86. The number of carbonyl (C=O) groups is 2. The number of benzene rings is 2. The number of aryl methyl sites for hydroxylation is 2. The minimum absolute atomic E-state index is 0.0118. The third-order valence-corrected chi connectivity index (χ3v) is 6.49. The van der Waals surface area contributed by atoms with Crippen molar-refractivity contribution < 1.29 is 14.3 Å². The van der Waals surface area contributed by atoms with Gasteiger partial charge in [0.25, 0.3) is 11.8 Å². The van der Waals surface area contributed by atoms with Crippen LogP contribution in [0.5, 0.6) is 5.75 Å². The summed E-state index contributed by atoms with van der Waals surface area (Å²) < 4.78 is 8.80. The Morgan fingerprint density at radius 1 is 0.970 bits per heavy atom. The molecule has 1 N–H and O–H groups in total. The van der Waals surface area contributed by atoms with E-state index in [9.17, 15) is 14.4 Å². The number of nitrogens with one attached hydrogen (secondary N) is 1. The summed E-state index contributed by atoms with van der Waals surface area (Å²) in [6, 6.07) is 12.5. The van der Waals surface area contributed by atoms with Gasteiger partial charge in [-0.15, -0.1) is 0 Å². The third kappa shape index (κ3) is 4.51. The second-order valence-electron chi connectivity index (χ2n) is 8.80. The van der Waals surface area contributed by atoms with Crippen LogP contribution in [-0.2, 0) is 18.9 Å². The molecule has 0 bridgehead atoms. The average Bonchev–Trinajstić information content (AvgIpc) is 3.01. The highest BCUT2D eigenvalue weighted by Crippen LogP contribution is 2.23. The molecule has 1 aromatic heterocycles. The fourth-order valence-electron chi connectivity index (χ4n) is 4.62. The molecule has 174 valence electrons. The number of likely N-dealkylation sites (tertiary alicyclic amines) is 1. The maximum atomic E-state index is 12.7. The Morgan fingerprint density at radius 3 is 2.27 bits per heavy atom. The summed E-state index contributed by atoms with van der Waals surface area (Å²) >= 11 is 0. The molecule has 2 heterocycles. The molecule has 1 saturated heterocycles. The van der Waals surface area contributed by atoms with Crippen LogP contribution in [0.3, 0.4) is 0 Å². The summed E-state index contributed by atoms with van der Waals surface area (Å²) in [4.78, 5) is 39.3. The molecule has 8 nitrogen and oxygen atoms in total. The van der Waals surface area contributed by atoms with E-state index in [0.29, 0.717) is 17.0 Å². The first-order chi connectivity index (χ1) is 15.8. The number of aromatic nitrogens is 2. The van der Waals surface area contributed by atoms with Crippen molar-refractivity contribution in [3.8, 4) is 5.75 Å². The molecule has 1 fully saturated rings. The summed E-state index contributed by atoms with van der Waals surface area (Å²) in [6.07, 6.45) is 3.19. The molecule has 1 aliphatic heterocycles. The molecule has 3 aromatic rings. The fourth-order valence-corrected chi connectivity index (χ4v) is 4.62. The van der Waals surface area contributed by atoms with Gasteiger partial charge in [-0.05, 0) is 75.6 Å². The van der Waals surface area contributed by atoms with Gasteiger partial charge in [0.15, 0.2) is 6.61 Å². The van der Waals surface area contributed by atoms with Crippen LogP contribution in [0.4, 0.5) is 5.69 Å². The maximum Gasteiger partial charge on any atom is 0.328 e. The van der Waals surface area contributed by atoms with Crippen LogP contribution < -0.4 is 15.7 Å². The van der Waals surface area contributed by atoms with E-state index in [0.717, 1.165) is 30.3 Å². The van der Waals surface area contributed by atoms with Crippen LogP contribution in [0.15, 0.2) is 47.3 Å². The molecule has 2 amide bonds. The lowest BCUT2D eigenvalue weighted by Gasteiger charge is -2.38. The standard InChI is InChI=1S/C25H30N4O4/c1-16-6-5-7-17(2)29(16)23(30)15-33-20-11-8-18(9-12-20)24(31)26-19-10-13-21-22(14-19)28(4)25(32)27(21)3/h8-14,16-17H,5-7,15H2,1-4H3,(H,26,31). The van der Waals surface area contributed by atoms with Crippen LogP contribution in [0.2, 0.25) is 0 Å². The molecule has 1 aliphatic rings. The van der Waals surface area contributed by atoms with Gasteiger partial charge in [0, 0.05) is 37.4 Å². The Balaban J connectivity index is 1.38. The lowest BCUT2D eigenvalue weighted by atomic mass is 9.97. The number of anilines is 1. The smallest absolute Gasteiger partial charge is 0.328 e. The first kappa shape index (κ1) is 22.6. The highest BCUT2D eigenvalue weighted by Gasteiger charge is 2.29. The summed E-state index contributed by atoms with van der Waals surface area (Å²) in [7, 11) is 3.42. The van der Waals surface area contributed by atoms with Crippen molar-refractivity contribution in [2.24, 2.45) is 14.1 Å². The topological polar surface area (TPSA) is 85.6 Å². The Morgan fingerprint density at radius 2 is 1.61 bits per heavy atom. The molecule has 2 aromatic carbocycles. The van der Waals surface area contributed by atoms with Crippen molar-refractivity contribution in [2.45, 2.75) is 45.2 Å². The van der Waals surface area contributed by atoms with E-state index in [1.165, 1.54) is 0 Å². The van der Waals surface area contributed by atoms with E-state index in [4.69, 9.17) is 4.74 Å². The van der Waals surface area contributed by atoms with Crippen molar-refractivity contribution in [1.29, 1.82) is 0 Å². The number of ether oxygens (including phenoxy) is 1. The van der Waals surface area contributed by atoms with Crippen LogP contribution in [0, 0.1) is 0 Å². The number of carbonyl (C=O) groups excluding carboxylic acids is 2. The van der Waals surface area contributed by atoms with Gasteiger partial charge in [-0.1, -0.05) is 0 Å². The number of fused-ring (bicyclic) bond motifs is 1. The fraction of sp³-hybridized carbons (Fsp3) is 0.400. The van der Waals surface area contributed by atoms with Gasteiger partial charge in [-0.25, -0.2) is 4.79 Å². The maximum absolute atomic E-state index is 12.7. The van der Waals surface area contributed by atoms with Crippen molar-refractivity contribution in [3.63, 3.8) is 0 Å². The van der Waals surface area contributed by atoms with Crippen molar-refractivity contribution in [1.82, 2.24) is 14.0 Å². The second kappa shape index (κ2) is 9.13. The second-order valence-corrected chi connectivity index (χ2v) is 8.80. The first-order valence-corrected chi connectivity index (χ1v) is 11.3. The number of hydrogen-bond donors (Lipinski definition) is 1. The van der Waals surface area contributed by atoms with Crippen LogP contribution >= 0.6 is 0 Å². The molecule has 4 rings (SSSR count). The molecular weight excluding hydrogens is 420 g/mol. The highest BCUT2D eigenvalue weighted by molar-refractivity contribution is 6.05. The summed E-state index contributed by atoms with van der Waals surface area (Å²) in [5.74, 6) is 0.258. The predicted molar refractivity (Wildman–Crippen MR) is 128 cm³/mol. The number of piperidine rings is 1. The van der Waals surface area contributed by atoms with Gasteiger partial charge < -0.3 is 15.0 Å². The molecule has 33 heavy (non-hydrogen) atoms. The Labute approximate surface area is 192 Å². The zero-order valence-electron chi connectivity index (χ0n) is 19.5. The van der Waals surface area contributed by atoms with Gasteiger partial charge in [0.2, 0.25) is 0 Å². The lowest BCUT2D eigenvalue weighted by Crippen LogP contribution is -2.49. The number of nitrogens with zero attached hydrogens (tertiary/aromatic N) is 3. The predicted octanol–water partition coefficient (Wildman–Crippen LogP) is 3.30. The molecule has 2 unspecified atom stereocenters. The zero-order chi connectivity index (χ0) is 23.7. The summed E-state index contributed by atoms with van der Waals surface area (Å²) in [6.45, 7) is 4.14. The van der Waals surface area contributed by atoms with Gasteiger partial charge in [0.05, 0.1) is 11.0 Å². The summed E-state index contributed by atoms with van der Waals surface area (Å²) in [5.41, 5.74) is 2.49. The average molecular weight is 451 g/mol. The monoisotopic (exact) mass is 450 g/mol. The lowest BCUT2D eigenvalue weighted by molar-refractivity contribution is -0.139. The van der Waals surface area contributed by atoms with Crippen LogP contribution in [0.25, 0.3) is 11.0 Å². The van der Waals surface area contributed by atoms with E-state index >= 15 is 0 Å². The Hall–Kier alpha value is -3.55. The third-order valence-electron chi connectivity index (χ3n) is 6.49. The molecule has 0 spiro atoms. The van der Waals surface area contributed by atoms with Crippen molar-refractivity contribution in [2.75, 3.05) is 11.9 Å². The SMILES string of the molecule is CC1CCCC(C)N1C(=O)COc1ccc(C(=O)Nc2ccc3c(c2)n(C)c(=O)n3C)cc1. The largest absolute Gasteiger partial charge is 0.484 e. The molecular formula is C25H30N4O4. The molecule has 2 atom stereocenters. The molecule has 8 heteroatoms. The van der Waals surface area contributed by atoms with Gasteiger partial charge in [0.1, 0.15) is 5.75 Å². The molecule has 0 saturated carbocycles. The van der Waals surface area contributed by atoms with E-state index in [2.05, 4.69) is 19.2 Å². The number of amides is 2. The highest BCUT2D eigenvalue weighted by atomic mass is 16.5. The zero-order valence-corrected chi connectivity index (χ0v) is 19.5. The quantitative estimate of drug-likeness (QED) is 0.646. The number of hydrogen-bond acceptors (Lipinski definition) is 4. The van der Waals surface area contributed by atoms with Crippen LogP contribution in [-0.4, -0.2) is 44.5 Å². The molecule has 0 radical (unpaired) electrons. The Kier molecular flexibility index (Phi) is 6.26. The number of imidazole rings is 1. The number of rotatable bonds is 5. The minimum Gasteiger partial charge on any atom is -0.484 e. The minimum atomic E-state index is -0.270. The van der Waals surface area contributed by atoms with E-state index in [-0.39, 0.29) is 36.2 Å². The van der Waals surface area contributed by atoms with Crippen molar-refractivity contribution >= 4 is 28.5 Å². The molecule has 0 aliphatic carbocycles. The van der Waals surface area contributed by atoms with E-state index < -0.39 is 0 Å². The van der Waals surface area contributed by atoms with Gasteiger partial charge in [-0.2, -0.15) is 0 Å². The van der Waals surface area contributed by atoms with E-state index in [1.807, 2.05) is 11.0 Å². The van der Waals surface area contributed by atoms with Crippen LogP contribution in [0.1, 0.15) is 43.5 Å². The normalized spacial score (nSPS) is 18.4.